The van der Waals surface area contributed by atoms with Crippen molar-refractivity contribution in [2.24, 2.45) is 17.8 Å². The first-order chi connectivity index (χ1) is 15.7. The molecule has 2 aromatic rings. The van der Waals surface area contributed by atoms with Crippen molar-refractivity contribution in [1.29, 1.82) is 0 Å². The molecular formula is C30H37FO. The Balaban J connectivity index is 1.37. The molecule has 2 aliphatic rings. The molecule has 0 saturated heterocycles. The van der Waals surface area contributed by atoms with E-state index >= 15 is 4.39 Å². The Labute approximate surface area is 193 Å². The van der Waals surface area contributed by atoms with E-state index in [0.29, 0.717) is 12.5 Å². The fourth-order valence-electron chi connectivity index (χ4n) is 5.97. The number of allylic oxidation sites excluding steroid dienone is 2. The highest BCUT2D eigenvalue weighted by molar-refractivity contribution is 5.64. The van der Waals surface area contributed by atoms with Crippen molar-refractivity contribution < 1.29 is 9.13 Å². The van der Waals surface area contributed by atoms with E-state index in [1.165, 1.54) is 38.5 Å². The van der Waals surface area contributed by atoms with Crippen molar-refractivity contribution in [3.63, 3.8) is 0 Å². The number of halogens is 1. The Morgan fingerprint density at radius 3 is 2.47 bits per heavy atom. The Morgan fingerprint density at radius 1 is 0.969 bits per heavy atom. The van der Waals surface area contributed by atoms with Crippen molar-refractivity contribution >= 4 is 0 Å². The van der Waals surface area contributed by atoms with E-state index in [9.17, 15) is 0 Å². The average molecular weight is 433 g/mol. The van der Waals surface area contributed by atoms with Crippen molar-refractivity contribution in [1.82, 2.24) is 0 Å². The Bertz CT molecular complexity index is 913. The lowest BCUT2D eigenvalue weighted by Crippen LogP contribution is -2.30. The third-order valence-electron chi connectivity index (χ3n) is 7.69. The molecule has 0 bridgehead atoms. The van der Waals surface area contributed by atoms with Crippen LogP contribution in [0.2, 0.25) is 0 Å². The zero-order valence-corrected chi connectivity index (χ0v) is 19.4. The molecule has 4 atom stereocenters. The fourth-order valence-corrected chi connectivity index (χ4v) is 5.97. The molecule has 0 aliphatic heterocycles. The van der Waals surface area contributed by atoms with Gasteiger partial charge in [0, 0.05) is 0 Å². The number of benzene rings is 2. The average Bonchev–Trinajstić information content (AvgIpc) is 2.83. The predicted molar refractivity (Wildman–Crippen MR) is 132 cm³/mol. The van der Waals surface area contributed by atoms with Crippen LogP contribution in [-0.2, 0) is 0 Å². The molecule has 0 radical (unpaired) electrons. The molecule has 1 nitrogen and oxygen atoms in total. The Morgan fingerprint density at radius 2 is 1.72 bits per heavy atom. The van der Waals surface area contributed by atoms with Crippen LogP contribution in [0.25, 0.3) is 11.1 Å². The summed E-state index contributed by atoms with van der Waals surface area (Å²) in [7, 11) is 0. The number of fused-ring (bicyclic) bond motifs is 1. The summed E-state index contributed by atoms with van der Waals surface area (Å²) in [4.78, 5) is 0. The van der Waals surface area contributed by atoms with E-state index in [4.69, 9.17) is 4.74 Å². The third-order valence-corrected chi connectivity index (χ3v) is 7.69. The van der Waals surface area contributed by atoms with Crippen LogP contribution in [-0.4, -0.2) is 6.61 Å². The first-order valence-corrected chi connectivity index (χ1v) is 12.4. The maximum Gasteiger partial charge on any atom is 0.127 e. The van der Waals surface area contributed by atoms with Gasteiger partial charge in [0.05, 0.1) is 0 Å². The van der Waals surface area contributed by atoms with Gasteiger partial charge in [-0.1, -0.05) is 55.5 Å². The highest BCUT2D eigenvalue weighted by Crippen LogP contribution is 2.48. The summed E-state index contributed by atoms with van der Waals surface area (Å²) in [6.45, 7) is 6.27. The molecule has 170 valence electrons. The van der Waals surface area contributed by atoms with Gasteiger partial charge in [-0.15, -0.1) is 0 Å². The molecule has 0 heterocycles. The molecule has 2 fully saturated rings. The largest absolute Gasteiger partial charge is 0.490 e. The molecule has 32 heavy (non-hydrogen) atoms. The lowest BCUT2D eigenvalue weighted by atomic mass is 9.63. The summed E-state index contributed by atoms with van der Waals surface area (Å²) in [5, 5.41) is 0. The first kappa shape index (κ1) is 22.8. The highest BCUT2D eigenvalue weighted by Gasteiger charge is 2.36. The Hall–Kier alpha value is -2.35. The lowest BCUT2D eigenvalue weighted by molar-refractivity contribution is 0.114. The summed E-state index contributed by atoms with van der Waals surface area (Å²) in [5.74, 6) is 3.68. The summed E-state index contributed by atoms with van der Waals surface area (Å²) in [6.07, 6.45) is 16.4. The molecule has 0 spiro atoms. The van der Waals surface area contributed by atoms with Gasteiger partial charge >= 0.3 is 0 Å². The van der Waals surface area contributed by atoms with Crippen LogP contribution in [0.4, 0.5) is 4.39 Å². The normalized spacial score (nSPS) is 25.4. The summed E-state index contributed by atoms with van der Waals surface area (Å²) in [6, 6.07) is 13.7. The van der Waals surface area contributed by atoms with Gasteiger partial charge in [-0.05, 0) is 110 Å². The zero-order chi connectivity index (χ0) is 22.3. The van der Waals surface area contributed by atoms with Crippen LogP contribution in [0.1, 0.15) is 69.8 Å². The molecule has 0 aromatic heterocycles. The number of ether oxygens (including phenoxy) is 1. The molecule has 4 unspecified atom stereocenters. The second-order valence-electron chi connectivity index (χ2n) is 9.72. The maximum atomic E-state index is 15.2. The van der Waals surface area contributed by atoms with Crippen LogP contribution < -0.4 is 4.74 Å². The van der Waals surface area contributed by atoms with Gasteiger partial charge in [0.25, 0.3) is 0 Å². The van der Waals surface area contributed by atoms with Gasteiger partial charge in [0.2, 0.25) is 0 Å². The molecular weight excluding hydrogens is 395 g/mol. The van der Waals surface area contributed by atoms with Crippen molar-refractivity contribution in [2.45, 2.75) is 64.2 Å². The second-order valence-corrected chi connectivity index (χ2v) is 9.72. The second kappa shape index (κ2) is 11.0. The number of hydrogen-bond donors (Lipinski definition) is 0. The maximum absolute atomic E-state index is 15.2. The van der Waals surface area contributed by atoms with E-state index in [-0.39, 0.29) is 5.82 Å². The standard InChI is InChI=1S/C30H37FO/c1-3-5-6-7-22-8-9-25-20-27(11-10-24(25)19-22)29-17-14-26(21-30(29)31)23-12-15-28(16-13-23)32-18-4-2/h3-5,12-17,21-22,24-25,27H,2,6-11,18-20H2,1H3/b5-3+. The van der Waals surface area contributed by atoms with E-state index < -0.39 is 0 Å². The number of hydrogen-bond acceptors (Lipinski definition) is 1. The zero-order valence-electron chi connectivity index (χ0n) is 19.4. The summed E-state index contributed by atoms with van der Waals surface area (Å²) < 4.78 is 20.7. The third kappa shape index (κ3) is 5.52. The van der Waals surface area contributed by atoms with Crippen molar-refractivity contribution in [3.8, 4) is 16.9 Å². The summed E-state index contributed by atoms with van der Waals surface area (Å²) in [5.41, 5.74) is 2.87. The topological polar surface area (TPSA) is 9.23 Å². The van der Waals surface area contributed by atoms with E-state index in [1.54, 1.807) is 12.1 Å². The molecule has 2 heteroatoms. The van der Waals surface area contributed by atoms with Gasteiger partial charge in [-0.3, -0.25) is 0 Å². The van der Waals surface area contributed by atoms with Crippen LogP contribution in [0, 0.1) is 23.6 Å². The molecule has 2 aliphatic carbocycles. The first-order valence-electron chi connectivity index (χ1n) is 12.4. The van der Waals surface area contributed by atoms with Crippen LogP contribution >= 0.6 is 0 Å². The van der Waals surface area contributed by atoms with E-state index in [1.807, 2.05) is 30.3 Å². The minimum absolute atomic E-state index is 0.0435. The highest BCUT2D eigenvalue weighted by atomic mass is 19.1. The van der Waals surface area contributed by atoms with Gasteiger partial charge in [-0.25, -0.2) is 4.39 Å². The SMILES string of the molecule is C=CCOc1ccc(-c2ccc(C3CCC4CC(CC/C=C/C)CCC4C3)c(F)c2)cc1. The fraction of sp³-hybridized carbons (Fsp3) is 0.467. The molecule has 4 rings (SSSR count). The smallest absolute Gasteiger partial charge is 0.127 e. The molecule has 2 saturated carbocycles. The van der Waals surface area contributed by atoms with E-state index in [2.05, 4.69) is 31.7 Å². The van der Waals surface area contributed by atoms with E-state index in [0.717, 1.165) is 53.0 Å². The predicted octanol–water partition coefficient (Wildman–Crippen LogP) is 8.71. The summed E-state index contributed by atoms with van der Waals surface area (Å²) >= 11 is 0. The number of rotatable bonds is 8. The quantitative estimate of drug-likeness (QED) is 0.379. The van der Waals surface area contributed by atoms with Crippen LogP contribution in [0.5, 0.6) is 5.75 Å². The van der Waals surface area contributed by atoms with Gasteiger partial charge in [0.1, 0.15) is 18.2 Å². The molecule has 0 N–H and O–H groups in total. The minimum atomic E-state index is -0.0435. The molecule has 2 aromatic carbocycles. The van der Waals surface area contributed by atoms with Crippen LogP contribution in [0.15, 0.2) is 67.3 Å². The van der Waals surface area contributed by atoms with Gasteiger partial charge < -0.3 is 4.74 Å². The lowest BCUT2D eigenvalue weighted by Gasteiger charge is -2.42. The van der Waals surface area contributed by atoms with Crippen LogP contribution in [0.3, 0.4) is 0 Å². The monoisotopic (exact) mass is 432 g/mol. The van der Waals surface area contributed by atoms with Gasteiger partial charge in [0.15, 0.2) is 0 Å². The Kier molecular flexibility index (Phi) is 7.84. The van der Waals surface area contributed by atoms with Crippen molar-refractivity contribution in [2.75, 3.05) is 6.61 Å². The molecule has 0 amide bonds. The van der Waals surface area contributed by atoms with Gasteiger partial charge in [-0.2, -0.15) is 0 Å². The minimum Gasteiger partial charge on any atom is -0.490 e. The van der Waals surface area contributed by atoms with Crippen molar-refractivity contribution in [3.05, 3.63) is 78.7 Å².